The van der Waals surface area contributed by atoms with Crippen LogP contribution in [0.3, 0.4) is 0 Å². The normalized spacial score (nSPS) is 32.3. The molecule has 0 radical (unpaired) electrons. The highest BCUT2D eigenvalue weighted by Crippen LogP contribution is 2.40. The lowest BCUT2D eigenvalue weighted by Crippen LogP contribution is -2.57. The summed E-state index contributed by atoms with van der Waals surface area (Å²) in [6.07, 6.45) is 4.89. The number of benzene rings is 1. The first-order valence-electron chi connectivity index (χ1n) is 9.56. The van der Waals surface area contributed by atoms with Crippen molar-refractivity contribution in [1.29, 1.82) is 0 Å². The number of urea groups is 1. The fourth-order valence-corrected chi connectivity index (χ4v) is 4.74. The van der Waals surface area contributed by atoms with Gasteiger partial charge in [0, 0.05) is 36.5 Å². The summed E-state index contributed by atoms with van der Waals surface area (Å²) in [5.41, 5.74) is 0.634. The fraction of sp³-hybridized carbons (Fsp3) is 0.650. The monoisotopic (exact) mass is 344 g/mol. The van der Waals surface area contributed by atoms with Crippen LogP contribution in [0.15, 0.2) is 24.3 Å². The van der Waals surface area contributed by atoms with Crippen molar-refractivity contribution in [3.05, 3.63) is 29.8 Å². The van der Waals surface area contributed by atoms with E-state index in [4.69, 9.17) is 4.74 Å². The minimum Gasteiger partial charge on any atom is -0.493 e. The molecule has 3 aliphatic rings. The molecular formula is C20H28N2O3. The zero-order chi connectivity index (χ0) is 17.4. The molecule has 1 aromatic carbocycles. The maximum absolute atomic E-state index is 12.7. The summed E-state index contributed by atoms with van der Waals surface area (Å²) < 4.78 is 5.75. The number of rotatable bonds is 2. The first kappa shape index (κ1) is 16.7. The van der Waals surface area contributed by atoms with E-state index in [1.807, 2.05) is 23.1 Å². The Hall–Kier alpha value is -1.75. The van der Waals surface area contributed by atoms with E-state index in [-0.39, 0.29) is 23.9 Å². The van der Waals surface area contributed by atoms with Crippen molar-refractivity contribution >= 4 is 6.03 Å². The van der Waals surface area contributed by atoms with Gasteiger partial charge in [0.05, 0.1) is 12.2 Å². The molecule has 1 saturated heterocycles. The molecule has 4 rings (SSSR count). The number of hydrogen-bond donors (Lipinski definition) is 2. The van der Waals surface area contributed by atoms with Crippen LogP contribution < -0.4 is 10.1 Å². The van der Waals surface area contributed by atoms with Gasteiger partial charge in [-0.05, 0) is 32.3 Å². The smallest absolute Gasteiger partial charge is 0.317 e. The molecule has 2 heterocycles. The maximum Gasteiger partial charge on any atom is 0.317 e. The van der Waals surface area contributed by atoms with E-state index in [9.17, 15) is 9.90 Å². The van der Waals surface area contributed by atoms with Gasteiger partial charge < -0.3 is 20.1 Å². The molecule has 1 saturated carbocycles. The van der Waals surface area contributed by atoms with Gasteiger partial charge in [0.15, 0.2) is 0 Å². The Labute approximate surface area is 149 Å². The summed E-state index contributed by atoms with van der Waals surface area (Å²) >= 11 is 0. The second kappa shape index (κ2) is 6.52. The van der Waals surface area contributed by atoms with Gasteiger partial charge >= 0.3 is 6.03 Å². The number of carbonyl (C=O) groups is 1. The summed E-state index contributed by atoms with van der Waals surface area (Å²) in [5.74, 6) is 1.35. The number of carbonyl (C=O) groups excluding carboxylic acids is 1. The molecule has 2 fully saturated rings. The largest absolute Gasteiger partial charge is 0.493 e. The molecule has 4 atom stereocenters. The van der Waals surface area contributed by atoms with Gasteiger partial charge in [-0.2, -0.15) is 0 Å². The van der Waals surface area contributed by atoms with Crippen LogP contribution in [0.25, 0.3) is 0 Å². The van der Waals surface area contributed by atoms with Crippen LogP contribution in [-0.2, 0) is 0 Å². The van der Waals surface area contributed by atoms with Gasteiger partial charge in [0.2, 0.25) is 0 Å². The van der Waals surface area contributed by atoms with Crippen molar-refractivity contribution in [3.8, 4) is 5.75 Å². The van der Waals surface area contributed by atoms with E-state index in [0.717, 1.165) is 31.4 Å². The van der Waals surface area contributed by atoms with Gasteiger partial charge in [-0.15, -0.1) is 0 Å². The standard InChI is InChI=1S/C20H28N2O3/c1-14(17-13-25-18-8-3-2-7-16(17)18)21-19(23)22-11-10-20(24)9-5-4-6-15(20)12-22/h2-3,7-8,14-15,17,24H,4-6,9-13H2,1H3,(H,21,23). The highest BCUT2D eigenvalue weighted by Gasteiger charge is 2.44. The van der Waals surface area contributed by atoms with Gasteiger partial charge in [0.25, 0.3) is 0 Å². The van der Waals surface area contributed by atoms with Crippen LogP contribution in [0.5, 0.6) is 5.75 Å². The molecule has 1 aromatic rings. The second-order valence-electron chi connectivity index (χ2n) is 7.94. The highest BCUT2D eigenvalue weighted by atomic mass is 16.5. The molecule has 0 aromatic heterocycles. The number of nitrogens with one attached hydrogen (secondary N) is 1. The molecule has 136 valence electrons. The molecule has 2 aliphatic heterocycles. The fourth-order valence-electron chi connectivity index (χ4n) is 4.74. The number of nitrogens with zero attached hydrogens (tertiary/aromatic N) is 1. The van der Waals surface area contributed by atoms with Gasteiger partial charge in [-0.1, -0.05) is 31.0 Å². The molecule has 5 heteroatoms. The zero-order valence-corrected chi connectivity index (χ0v) is 14.9. The predicted molar refractivity (Wildman–Crippen MR) is 95.8 cm³/mol. The Morgan fingerprint density at radius 3 is 3.08 bits per heavy atom. The third kappa shape index (κ3) is 3.10. The van der Waals surface area contributed by atoms with Crippen LogP contribution >= 0.6 is 0 Å². The quantitative estimate of drug-likeness (QED) is 0.867. The molecule has 1 aliphatic carbocycles. The molecule has 4 unspecified atom stereocenters. The summed E-state index contributed by atoms with van der Waals surface area (Å²) in [6.45, 7) is 3.98. The van der Waals surface area contributed by atoms with Gasteiger partial charge in [-0.25, -0.2) is 4.79 Å². The average molecular weight is 344 g/mol. The maximum atomic E-state index is 12.7. The van der Waals surface area contributed by atoms with Gasteiger partial charge in [-0.3, -0.25) is 0 Å². The van der Waals surface area contributed by atoms with E-state index < -0.39 is 5.60 Å². The number of fused-ring (bicyclic) bond motifs is 2. The molecule has 2 amide bonds. The number of piperidine rings is 1. The van der Waals surface area contributed by atoms with Crippen molar-refractivity contribution in [2.24, 2.45) is 5.92 Å². The first-order chi connectivity index (χ1) is 12.1. The number of para-hydroxylation sites is 1. The average Bonchev–Trinajstić information content (AvgIpc) is 3.05. The topological polar surface area (TPSA) is 61.8 Å². The number of aliphatic hydroxyl groups is 1. The Morgan fingerprint density at radius 2 is 2.20 bits per heavy atom. The molecular weight excluding hydrogens is 316 g/mol. The summed E-state index contributed by atoms with van der Waals surface area (Å²) in [7, 11) is 0. The van der Waals surface area contributed by atoms with Crippen molar-refractivity contribution in [2.75, 3.05) is 19.7 Å². The number of amides is 2. The lowest BCUT2D eigenvalue weighted by molar-refractivity contribution is -0.0871. The SMILES string of the molecule is CC(NC(=O)N1CCC2(O)CCCCC2C1)C1COc2ccccc21. The van der Waals surface area contributed by atoms with Crippen LogP contribution in [0.4, 0.5) is 4.79 Å². The van der Waals surface area contributed by atoms with Crippen molar-refractivity contribution < 1.29 is 14.6 Å². The molecule has 0 spiro atoms. The van der Waals surface area contributed by atoms with Crippen LogP contribution in [0.2, 0.25) is 0 Å². The number of hydrogen-bond acceptors (Lipinski definition) is 3. The summed E-state index contributed by atoms with van der Waals surface area (Å²) in [4.78, 5) is 14.6. The van der Waals surface area contributed by atoms with Crippen LogP contribution in [-0.4, -0.2) is 47.4 Å². The minimum atomic E-state index is -0.543. The molecule has 5 nitrogen and oxygen atoms in total. The van der Waals surface area contributed by atoms with E-state index >= 15 is 0 Å². The van der Waals surface area contributed by atoms with Crippen molar-refractivity contribution in [3.63, 3.8) is 0 Å². The third-order valence-electron chi connectivity index (χ3n) is 6.41. The lowest BCUT2D eigenvalue weighted by Gasteiger charge is -2.47. The van der Waals surface area contributed by atoms with Crippen molar-refractivity contribution in [2.45, 2.75) is 56.6 Å². The van der Waals surface area contributed by atoms with Gasteiger partial charge in [0.1, 0.15) is 5.75 Å². The predicted octanol–water partition coefficient (Wildman–Crippen LogP) is 2.89. The first-order valence-corrected chi connectivity index (χ1v) is 9.56. The zero-order valence-electron chi connectivity index (χ0n) is 14.9. The van der Waals surface area contributed by atoms with E-state index in [2.05, 4.69) is 18.3 Å². The number of likely N-dealkylation sites (tertiary alicyclic amines) is 1. The minimum absolute atomic E-state index is 0.00972. The van der Waals surface area contributed by atoms with Crippen LogP contribution in [0.1, 0.15) is 50.5 Å². The summed E-state index contributed by atoms with van der Waals surface area (Å²) in [6, 6.07) is 8.07. The van der Waals surface area contributed by atoms with E-state index in [1.165, 1.54) is 5.56 Å². The Kier molecular flexibility index (Phi) is 4.36. The van der Waals surface area contributed by atoms with Crippen molar-refractivity contribution in [1.82, 2.24) is 10.2 Å². The molecule has 2 N–H and O–H groups in total. The molecule has 25 heavy (non-hydrogen) atoms. The van der Waals surface area contributed by atoms with E-state index in [1.54, 1.807) is 0 Å². The highest BCUT2D eigenvalue weighted by molar-refractivity contribution is 5.75. The second-order valence-corrected chi connectivity index (χ2v) is 7.94. The third-order valence-corrected chi connectivity index (χ3v) is 6.41. The lowest BCUT2D eigenvalue weighted by atomic mass is 9.71. The van der Waals surface area contributed by atoms with E-state index in [0.29, 0.717) is 26.1 Å². The Balaban J connectivity index is 1.38. The van der Waals surface area contributed by atoms with Crippen LogP contribution in [0, 0.1) is 5.92 Å². The molecule has 0 bridgehead atoms. The number of ether oxygens (including phenoxy) is 1. The Bertz CT molecular complexity index is 650. The Morgan fingerprint density at radius 1 is 1.36 bits per heavy atom. The summed E-state index contributed by atoms with van der Waals surface area (Å²) in [5, 5.41) is 13.9.